The number of hydrogen-bond donors (Lipinski definition) is 1. The average molecular weight is 266 g/mol. The van der Waals surface area contributed by atoms with Gasteiger partial charge in [0.15, 0.2) is 5.75 Å². The highest BCUT2D eigenvalue weighted by Crippen LogP contribution is 2.35. The van der Waals surface area contributed by atoms with Gasteiger partial charge in [-0.05, 0) is 20.0 Å². The Kier molecular flexibility index (Phi) is 4.01. The molecule has 1 aliphatic rings. The van der Waals surface area contributed by atoms with Crippen LogP contribution in [0.5, 0.6) is 5.75 Å². The first-order valence-electron chi connectivity index (χ1n) is 6.19. The lowest BCUT2D eigenvalue weighted by molar-refractivity contribution is -0.386. The van der Waals surface area contributed by atoms with E-state index in [4.69, 9.17) is 9.47 Å². The Balaban J connectivity index is 2.16. The molecule has 1 N–H and O–H groups in total. The predicted octanol–water partition coefficient (Wildman–Crippen LogP) is 1.66. The largest absolute Gasteiger partial charge is 0.481 e. The Morgan fingerprint density at radius 2 is 2.21 bits per heavy atom. The number of hydrogen-bond acceptors (Lipinski definition) is 5. The van der Waals surface area contributed by atoms with E-state index in [9.17, 15) is 10.1 Å². The lowest BCUT2D eigenvalue weighted by atomic mass is 9.85. The number of ether oxygens (including phenoxy) is 2. The fourth-order valence-electron chi connectivity index (χ4n) is 2.42. The standard InChI is InChI=1S/C13H18N2O4/c1-8-5-4-6-10(12(8)15(16)17)19-11-7-9(14-2)13(11)18-3/h4-6,9,11,13-14H,7H2,1-3H3. The maximum atomic E-state index is 11.1. The maximum absolute atomic E-state index is 11.1. The Bertz CT molecular complexity index is 478. The quantitative estimate of drug-likeness (QED) is 0.648. The SMILES string of the molecule is CNC1CC(Oc2cccc(C)c2[N+](=O)[O-])C1OC. The monoisotopic (exact) mass is 266 g/mol. The minimum atomic E-state index is -0.402. The van der Waals surface area contributed by atoms with Gasteiger partial charge in [0.1, 0.15) is 12.2 Å². The highest BCUT2D eigenvalue weighted by molar-refractivity contribution is 5.52. The molecule has 6 heteroatoms. The molecule has 19 heavy (non-hydrogen) atoms. The van der Waals surface area contributed by atoms with Gasteiger partial charge in [-0.25, -0.2) is 0 Å². The molecule has 3 unspecified atom stereocenters. The Hall–Kier alpha value is -1.66. The van der Waals surface area contributed by atoms with Gasteiger partial charge in [0, 0.05) is 25.1 Å². The zero-order chi connectivity index (χ0) is 14.0. The lowest BCUT2D eigenvalue weighted by Crippen LogP contribution is -2.60. The van der Waals surface area contributed by atoms with Crippen LogP contribution in [-0.2, 0) is 4.74 Å². The van der Waals surface area contributed by atoms with E-state index in [1.165, 1.54) is 0 Å². The van der Waals surface area contributed by atoms with Crippen molar-refractivity contribution in [3.63, 3.8) is 0 Å². The van der Waals surface area contributed by atoms with Crippen molar-refractivity contribution in [3.05, 3.63) is 33.9 Å². The van der Waals surface area contributed by atoms with E-state index in [0.29, 0.717) is 11.3 Å². The van der Waals surface area contributed by atoms with Gasteiger partial charge in [0.2, 0.25) is 0 Å². The number of rotatable bonds is 5. The Morgan fingerprint density at radius 3 is 2.79 bits per heavy atom. The van der Waals surface area contributed by atoms with E-state index >= 15 is 0 Å². The zero-order valence-electron chi connectivity index (χ0n) is 11.3. The van der Waals surface area contributed by atoms with E-state index in [1.807, 2.05) is 7.05 Å². The zero-order valence-corrected chi connectivity index (χ0v) is 11.3. The molecule has 0 bridgehead atoms. The first-order valence-corrected chi connectivity index (χ1v) is 6.19. The van der Waals surface area contributed by atoms with Gasteiger partial charge in [-0.15, -0.1) is 0 Å². The van der Waals surface area contributed by atoms with Gasteiger partial charge < -0.3 is 14.8 Å². The summed E-state index contributed by atoms with van der Waals surface area (Å²) in [5.41, 5.74) is 0.631. The number of likely N-dealkylation sites (N-methyl/N-ethyl adjacent to an activating group) is 1. The summed E-state index contributed by atoms with van der Waals surface area (Å²) in [7, 11) is 3.48. The predicted molar refractivity (Wildman–Crippen MR) is 70.5 cm³/mol. The number of benzene rings is 1. The summed E-state index contributed by atoms with van der Waals surface area (Å²) < 4.78 is 11.1. The molecule has 0 spiro atoms. The van der Waals surface area contributed by atoms with Crippen molar-refractivity contribution in [1.29, 1.82) is 0 Å². The number of aryl methyl sites for hydroxylation is 1. The molecule has 0 radical (unpaired) electrons. The van der Waals surface area contributed by atoms with Crippen LogP contribution in [0.4, 0.5) is 5.69 Å². The van der Waals surface area contributed by atoms with Crippen molar-refractivity contribution >= 4 is 5.69 Å². The highest BCUT2D eigenvalue weighted by Gasteiger charge is 2.43. The van der Waals surface area contributed by atoms with E-state index in [2.05, 4.69) is 5.32 Å². The second-order valence-electron chi connectivity index (χ2n) is 4.67. The summed E-state index contributed by atoms with van der Waals surface area (Å²) in [6.07, 6.45) is 0.549. The van der Waals surface area contributed by atoms with Crippen LogP contribution in [0.1, 0.15) is 12.0 Å². The van der Waals surface area contributed by atoms with Crippen LogP contribution < -0.4 is 10.1 Å². The van der Waals surface area contributed by atoms with Crippen LogP contribution in [0.3, 0.4) is 0 Å². The van der Waals surface area contributed by atoms with E-state index in [-0.39, 0.29) is 23.9 Å². The molecule has 1 aromatic rings. The number of nitro benzene ring substituents is 1. The molecule has 1 saturated carbocycles. The van der Waals surface area contributed by atoms with Crippen LogP contribution in [0.2, 0.25) is 0 Å². The van der Waals surface area contributed by atoms with E-state index < -0.39 is 4.92 Å². The van der Waals surface area contributed by atoms with Gasteiger partial charge in [0.05, 0.1) is 4.92 Å². The summed E-state index contributed by atoms with van der Waals surface area (Å²) in [6, 6.07) is 5.33. The highest BCUT2D eigenvalue weighted by atomic mass is 16.6. The number of nitro groups is 1. The lowest BCUT2D eigenvalue weighted by Gasteiger charge is -2.42. The van der Waals surface area contributed by atoms with Crippen LogP contribution >= 0.6 is 0 Å². The number of nitrogens with one attached hydrogen (secondary N) is 1. The summed E-state index contributed by atoms with van der Waals surface area (Å²) >= 11 is 0. The van der Waals surface area contributed by atoms with Gasteiger partial charge in [-0.3, -0.25) is 10.1 Å². The summed E-state index contributed by atoms with van der Waals surface area (Å²) in [6.45, 7) is 1.70. The fraction of sp³-hybridized carbons (Fsp3) is 0.538. The van der Waals surface area contributed by atoms with Crippen LogP contribution in [0, 0.1) is 17.0 Å². The number of methoxy groups -OCH3 is 1. The first-order chi connectivity index (χ1) is 9.08. The Morgan fingerprint density at radius 1 is 1.47 bits per heavy atom. The minimum Gasteiger partial charge on any atom is -0.481 e. The minimum absolute atomic E-state index is 0.0326. The van der Waals surface area contributed by atoms with Crippen molar-refractivity contribution in [1.82, 2.24) is 5.32 Å². The van der Waals surface area contributed by atoms with Crippen LogP contribution in [0.15, 0.2) is 18.2 Å². The molecule has 2 rings (SSSR count). The third-order valence-electron chi connectivity index (χ3n) is 3.55. The summed E-state index contributed by atoms with van der Waals surface area (Å²) in [5, 5.41) is 14.2. The van der Waals surface area contributed by atoms with Crippen molar-refractivity contribution in [2.45, 2.75) is 31.6 Å². The van der Waals surface area contributed by atoms with Gasteiger partial charge in [0.25, 0.3) is 0 Å². The smallest absolute Gasteiger partial charge is 0.313 e. The van der Waals surface area contributed by atoms with Gasteiger partial charge in [-0.2, -0.15) is 0 Å². The molecule has 0 aromatic heterocycles. The van der Waals surface area contributed by atoms with Gasteiger partial charge >= 0.3 is 5.69 Å². The Labute approximate surface area is 111 Å². The molecular formula is C13H18N2O4. The molecule has 104 valence electrons. The van der Waals surface area contributed by atoms with Crippen molar-refractivity contribution in [2.75, 3.05) is 14.2 Å². The molecule has 1 aliphatic carbocycles. The maximum Gasteiger partial charge on any atom is 0.313 e. The van der Waals surface area contributed by atoms with Gasteiger partial charge in [-0.1, -0.05) is 12.1 Å². The second-order valence-corrected chi connectivity index (χ2v) is 4.67. The van der Waals surface area contributed by atoms with Crippen LogP contribution in [0.25, 0.3) is 0 Å². The molecule has 3 atom stereocenters. The van der Waals surface area contributed by atoms with E-state index in [1.54, 1.807) is 32.2 Å². The third kappa shape index (κ3) is 2.54. The molecule has 0 heterocycles. The van der Waals surface area contributed by atoms with Crippen molar-refractivity contribution in [2.24, 2.45) is 0 Å². The number of nitrogens with zero attached hydrogens (tertiary/aromatic N) is 1. The molecule has 0 aliphatic heterocycles. The molecule has 6 nitrogen and oxygen atoms in total. The van der Waals surface area contributed by atoms with Crippen molar-refractivity contribution in [3.8, 4) is 5.75 Å². The molecule has 1 aromatic carbocycles. The molecule has 0 amide bonds. The average Bonchev–Trinajstić information content (AvgIpc) is 2.33. The second kappa shape index (κ2) is 5.54. The molecule has 1 fully saturated rings. The number of para-hydroxylation sites is 1. The third-order valence-corrected chi connectivity index (χ3v) is 3.55. The van der Waals surface area contributed by atoms with Crippen molar-refractivity contribution < 1.29 is 14.4 Å². The first kappa shape index (κ1) is 13.8. The molecular weight excluding hydrogens is 248 g/mol. The summed E-state index contributed by atoms with van der Waals surface area (Å²) in [5.74, 6) is 0.312. The topological polar surface area (TPSA) is 73.6 Å². The molecule has 0 saturated heterocycles. The van der Waals surface area contributed by atoms with Crippen LogP contribution in [-0.4, -0.2) is 37.3 Å². The van der Waals surface area contributed by atoms with E-state index in [0.717, 1.165) is 6.42 Å². The summed E-state index contributed by atoms with van der Waals surface area (Å²) in [4.78, 5) is 10.7. The fourth-order valence-corrected chi connectivity index (χ4v) is 2.42. The normalized spacial score (nSPS) is 25.7.